The summed E-state index contributed by atoms with van der Waals surface area (Å²) < 4.78 is 33.3. The Morgan fingerprint density at radius 3 is 2.74 bits per heavy atom. The average molecular weight is 506 g/mol. The molecule has 0 aliphatic carbocycles. The van der Waals surface area contributed by atoms with Crippen LogP contribution in [0.5, 0.6) is 0 Å². The van der Waals surface area contributed by atoms with Gasteiger partial charge in [0.1, 0.15) is 33.3 Å². The fourth-order valence-electron chi connectivity index (χ4n) is 4.83. The molecular weight excluding hydrogens is 477 g/mol. The molecule has 4 rings (SSSR count). The summed E-state index contributed by atoms with van der Waals surface area (Å²) in [4.78, 5) is 26.3. The van der Waals surface area contributed by atoms with Gasteiger partial charge in [-0.05, 0) is 64.3 Å². The van der Waals surface area contributed by atoms with Gasteiger partial charge in [-0.15, -0.1) is 0 Å². The summed E-state index contributed by atoms with van der Waals surface area (Å²) in [5.74, 6) is -0.669. The molecule has 0 spiro atoms. The minimum absolute atomic E-state index is 0.0341. The molecule has 2 aliphatic rings. The van der Waals surface area contributed by atoms with Crippen molar-refractivity contribution in [3.05, 3.63) is 57.9 Å². The quantitative estimate of drug-likeness (QED) is 0.619. The number of nitrogens with two attached hydrogens (primary N) is 1. The van der Waals surface area contributed by atoms with Gasteiger partial charge in [-0.1, -0.05) is 18.0 Å². The Morgan fingerprint density at radius 2 is 2.03 bits per heavy atom. The fraction of sp³-hybridized carbons (Fsp3) is 0.500. The van der Waals surface area contributed by atoms with Crippen LogP contribution in [0.25, 0.3) is 0 Å². The number of aromatic nitrogens is 2. The Hall–Kier alpha value is -2.39. The number of hydrogen-bond acceptors (Lipinski definition) is 7. The van der Waals surface area contributed by atoms with E-state index >= 15 is 4.39 Å². The molecule has 0 radical (unpaired) electrons. The first kappa shape index (κ1) is 24.7. The summed E-state index contributed by atoms with van der Waals surface area (Å²) in [7, 11) is -2.88. The van der Waals surface area contributed by atoms with E-state index in [0.717, 1.165) is 12.8 Å². The maximum Gasteiger partial charge on any atom is 0.187 e. The zero-order valence-electron chi connectivity index (χ0n) is 19.8. The van der Waals surface area contributed by atoms with Crippen LogP contribution in [0.15, 0.2) is 33.8 Å². The van der Waals surface area contributed by atoms with Crippen LogP contribution in [0.4, 0.5) is 4.39 Å². The maximum atomic E-state index is 15.3. The smallest absolute Gasteiger partial charge is 0.187 e. The Morgan fingerprint density at radius 1 is 1.29 bits per heavy atom. The van der Waals surface area contributed by atoms with Crippen LogP contribution in [0, 0.1) is 12.7 Å². The molecule has 2 aromatic rings. The second-order valence-electron chi connectivity index (χ2n) is 9.61. The van der Waals surface area contributed by atoms with Gasteiger partial charge in [-0.25, -0.2) is 13.0 Å². The number of halogens is 2. The van der Waals surface area contributed by atoms with E-state index < -0.39 is 31.1 Å². The van der Waals surface area contributed by atoms with Crippen LogP contribution < -0.4 is 5.73 Å². The molecule has 2 aliphatic heterocycles. The monoisotopic (exact) mass is 505 g/mol. The molecule has 0 saturated heterocycles. The van der Waals surface area contributed by atoms with Crippen LogP contribution >= 0.6 is 11.6 Å². The molecule has 182 valence electrons. The summed E-state index contributed by atoms with van der Waals surface area (Å²) in [6.07, 6.45) is 3.51. The summed E-state index contributed by atoms with van der Waals surface area (Å²) in [5, 5.41) is -0.116. The van der Waals surface area contributed by atoms with E-state index in [9.17, 15) is 9.00 Å². The van der Waals surface area contributed by atoms with E-state index in [-0.39, 0.29) is 29.4 Å². The van der Waals surface area contributed by atoms with E-state index in [1.807, 2.05) is 0 Å². The molecule has 0 unspecified atom stereocenters. The summed E-state index contributed by atoms with van der Waals surface area (Å²) in [6.45, 7) is 7.53. The molecule has 2 aromatic heterocycles. The second kappa shape index (κ2) is 8.68. The molecule has 0 bridgehead atoms. The molecule has 0 fully saturated rings. The second-order valence-corrected chi connectivity index (χ2v) is 13.0. The molecule has 7 nitrogen and oxygen atoms in total. The van der Waals surface area contributed by atoms with E-state index in [0.29, 0.717) is 29.2 Å². The molecule has 0 saturated carbocycles. The third-order valence-corrected chi connectivity index (χ3v) is 10.8. The summed E-state index contributed by atoms with van der Waals surface area (Å²) in [6, 6.07) is 4.42. The lowest BCUT2D eigenvalue weighted by Gasteiger charge is -2.46. The zero-order valence-corrected chi connectivity index (χ0v) is 21.3. The predicted molar refractivity (Wildman–Crippen MR) is 132 cm³/mol. The Balaban J connectivity index is 1.80. The third-order valence-electron chi connectivity index (χ3n) is 6.90. The molecule has 3 atom stereocenters. The summed E-state index contributed by atoms with van der Waals surface area (Å²) >= 11 is 5.95. The lowest BCUT2D eigenvalue weighted by Crippen LogP contribution is -2.59. The van der Waals surface area contributed by atoms with Crippen LogP contribution in [-0.2, 0) is 21.7 Å². The number of carbonyl (C=O) groups is 1. The molecule has 10 heteroatoms. The minimum Gasteiger partial charge on any atom is -0.386 e. The first-order chi connectivity index (χ1) is 15.9. The maximum absolute atomic E-state index is 15.3. The topological polar surface area (TPSA) is 111 Å². The first-order valence-electron chi connectivity index (χ1n) is 11.3. The standard InChI is InChI=1S/C24H29ClFN5O2S/c1-14-11-15(25)13-28-20(14)18(32)12-16-8-9-17(26)21(30-16)24(4)19-7-5-6-10-29-34(19,33)23(2,3)22(27)31-24/h8-9,11,13,19H,5-7,10,12H2,1-4H3,(H2,27,31)/t19-,24+,34+/m1/s1. The lowest BCUT2D eigenvalue weighted by molar-refractivity contribution is 0.0986. The molecule has 0 amide bonds. The van der Waals surface area contributed by atoms with Gasteiger partial charge in [0.2, 0.25) is 0 Å². The van der Waals surface area contributed by atoms with E-state index in [1.165, 1.54) is 18.3 Å². The van der Waals surface area contributed by atoms with Gasteiger partial charge in [-0.3, -0.25) is 19.8 Å². The van der Waals surface area contributed by atoms with Crippen LogP contribution in [-0.4, -0.2) is 42.3 Å². The fourth-order valence-corrected chi connectivity index (χ4v) is 8.27. The first-order valence-corrected chi connectivity index (χ1v) is 13.2. The summed E-state index contributed by atoms with van der Waals surface area (Å²) in [5.41, 5.74) is 6.40. The van der Waals surface area contributed by atoms with Crippen LogP contribution in [0.2, 0.25) is 5.02 Å². The van der Waals surface area contributed by atoms with Gasteiger partial charge >= 0.3 is 0 Å². The number of aliphatic imine (C=N–C) groups is 1. The van der Waals surface area contributed by atoms with Crippen molar-refractivity contribution in [3.8, 4) is 0 Å². The SMILES string of the molecule is Cc1cc(Cl)cnc1C(=O)Cc1ccc(F)c([C@@]2(C)N=C(N)C(C)(C)[S@]3(=O)=NCCCC[C@H]23)n1. The average Bonchev–Trinajstić information content (AvgIpc) is 2.97. The molecule has 34 heavy (non-hydrogen) atoms. The Labute approximate surface area is 204 Å². The zero-order chi connectivity index (χ0) is 24.9. The predicted octanol–water partition coefficient (Wildman–Crippen LogP) is 4.39. The van der Waals surface area contributed by atoms with Crippen molar-refractivity contribution in [1.82, 2.24) is 9.97 Å². The number of hydrogen-bond donors (Lipinski definition) is 1. The highest BCUT2D eigenvalue weighted by Gasteiger charge is 2.56. The van der Waals surface area contributed by atoms with Gasteiger partial charge in [0.15, 0.2) is 5.78 Å². The Kier molecular flexibility index (Phi) is 6.31. The number of Topliss-reactive ketones (excluding diaryl/α,β-unsaturated/α-hetero) is 1. The van der Waals surface area contributed by atoms with Crippen LogP contribution in [0.1, 0.15) is 67.5 Å². The largest absolute Gasteiger partial charge is 0.386 e. The van der Waals surface area contributed by atoms with Crippen molar-refractivity contribution in [2.45, 2.75) is 68.9 Å². The van der Waals surface area contributed by atoms with Crippen molar-refractivity contribution < 1.29 is 13.4 Å². The number of fused-ring (bicyclic) bond motifs is 1. The highest BCUT2D eigenvalue weighted by molar-refractivity contribution is 7.96. The number of carbonyl (C=O) groups excluding carboxylic acids is 1. The molecule has 0 aromatic carbocycles. The van der Waals surface area contributed by atoms with Crippen LogP contribution in [0.3, 0.4) is 0 Å². The number of amidine groups is 1. The van der Waals surface area contributed by atoms with Crippen molar-refractivity contribution in [2.24, 2.45) is 15.1 Å². The van der Waals surface area contributed by atoms with E-state index in [2.05, 4.69) is 14.3 Å². The van der Waals surface area contributed by atoms with E-state index in [4.69, 9.17) is 22.3 Å². The molecular formula is C24H29ClFN5O2S. The number of ketones is 1. The van der Waals surface area contributed by atoms with Crippen molar-refractivity contribution in [1.29, 1.82) is 0 Å². The third kappa shape index (κ3) is 3.92. The number of aryl methyl sites for hydroxylation is 1. The highest BCUT2D eigenvalue weighted by atomic mass is 35.5. The van der Waals surface area contributed by atoms with Crippen molar-refractivity contribution in [3.63, 3.8) is 0 Å². The lowest BCUT2D eigenvalue weighted by atomic mass is 9.88. The number of nitrogens with zero attached hydrogens (tertiary/aromatic N) is 4. The number of rotatable bonds is 4. The van der Waals surface area contributed by atoms with Crippen molar-refractivity contribution in [2.75, 3.05) is 6.54 Å². The number of pyridine rings is 2. The minimum atomic E-state index is -2.88. The van der Waals surface area contributed by atoms with E-state index in [1.54, 1.807) is 33.8 Å². The van der Waals surface area contributed by atoms with Gasteiger partial charge in [-0.2, -0.15) is 0 Å². The normalized spacial score (nSPS) is 28.3. The van der Waals surface area contributed by atoms with Crippen molar-refractivity contribution >= 4 is 32.9 Å². The van der Waals surface area contributed by atoms with Gasteiger partial charge in [0.05, 0.1) is 26.4 Å². The highest BCUT2D eigenvalue weighted by Crippen LogP contribution is 2.46. The Bertz CT molecular complexity index is 1320. The molecule has 4 heterocycles. The van der Waals surface area contributed by atoms with Gasteiger partial charge in [0.25, 0.3) is 0 Å². The van der Waals surface area contributed by atoms with Gasteiger partial charge in [0, 0.05) is 18.4 Å². The molecule has 2 N–H and O–H groups in total. The van der Waals surface area contributed by atoms with Gasteiger partial charge < -0.3 is 5.73 Å².